The van der Waals surface area contributed by atoms with E-state index in [2.05, 4.69) is 0 Å². The van der Waals surface area contributed by atoms with Crippen molar-refractivity contribution in [1.82, 2.24) is 0 Å². The van der Waals surface area contributed by atoms with E-state index in [1.807, 2.05) is 0 Å². The number of carbonyl (C=O) groups is 1. The van der Waals surface area contributed by atoms with Crippen molar-refractivity contribution in [3.63, 3.8) is 0 Å². The molecule has 0 heterocycles. The van der Waals surface area contributed by atoms with E-state index in [1.54, 1.807) is 0 Å². The van der Waals surface area contributed by atoms with Crippen molar-refractivity contribution in [3.8, 4) is 5.75 Å². The van der Waals surface area contributed by atoms with Gasteiger partial charge in [0.05, 0.1) is 15.4 Å². The molecule has 24 heavy (non-hydrogen) atoms. The van der Waals surface area contributed by atoms with Gasteiger partial charge in [0.1, 0.15) is 5.82 Å². The topological polar surface area (TPSA) is 113 Å². The van der Waals surface area contributed by atoms with Gasteiger partial charge in [0.25, 0.3) is 5.69 Å². The van der Waals surface area contributed by atoms with Crippen molar-refractivity contribution in [2.75, 3.05) is 0 Å². The predicted molar refractivity (Wildman–Crippen MR) is 80.8 cm³/mol. The van der Waals surface area contributed by atoms with Crippen LogP contribution in [-0.2, 0) is 4.79 Å². The lowest BCUT2D eigenvalue weighted by Gasteiger charge is -2.02. The van der Waals surface area contributed by atoms with E-state index in [0.29, 0.717) is 6.07 Å². The average molecular weight is 332 g/mol. The predicted octanol–water partition coefficient (Wildman–Crippen LogP) is 3.26. The van der Waals surface area contributed by atoms with Gasteiger partial charge in [-0.1, -0.05) is 12.1 Å². The number of nitrogens with zero attached hydrogens (tertiary/aromatic N) is 2. The summed E-state index contributed by atoms with van der Waals surface area (Å²) >= 11 is 0. The first kappa shape index (κ1) is 16.7. The molecule has 8 nitrogen and oxygen atoms in total. The molecule has 122 valence electrons. The van der Waals surface area contributed by atoms with E-state index in [9.17, 15) is 29.4 Å². The summed E-state index contributed by atoms with van der Waals surface area (Å²) in [6.45, 7) is 0. The van der Waals surface area contributed by atoms with Gasteiger partial charge in [-0.15, -0.1) is 0 Å². The van der Waals surface area contributed by atoms with Gasteiger partial charge in [0.15, 0.2) is 0 Å². The number of benzene rings is 2. The minimum absolute atomic E-state index is 0.146. The van der Waals surface area contributed by atoms with E-state index < -0.39 is 33.1 Å². The molecular weight excluding hydrogens is 323 g/mol. The third-order valence-electron chi connectivity index (χ3n) is 2.86. The van der Waals surface area contributed by atoms with Crippen LogP contribution < -0.4 is 4.74 Å². The quantitative estimate of drug-likeness (QED) is 0.273. The Balaban J connectivity index is 2.22. The van der Waals surface area contributed by atoms with Gasteiger partial charge in [-0.05, 0) is 18.2 Å². The Morgan fingerprint density at radius 3 is 2.38 bits per heavy atom. The van der Waals surface area contributed by atoms with Gasteiger partial charge in [0, 0.05) is 24.3 Å². The molecule has 0 fully saturated rings. The Bertz CT molecular complexity index is 850. The number of esters is 1. The number of halogens is 1. The zero-order valence-corrected chi connectivity index (χ0v) is 11.9. The van der Waals surface area contributed by atoms with Crippen LogP contribution in [0.25, 0.3) is 6.08 Å². The molecule has 0 saturated carbocycles. The standard InChI is InChI=1S/C15H9FN2O6/c16-11-6-7-13(18(22)23)14(9-11)24-15(19)8-5-10-3-1-2-4-12(10)17(20)21/h1-9H. The highest BCUT2D eigenvalue weighted by Gasteiger charge is 2.18. The van der Waals surface area contributed by atoms with Crippen LogP contribution in [0.3, 0.4) is 0 Å². The molecule has 0 aromatic heterocycles. The van der Waals surface area contributed by atoms with E-state index >= 15 is 0 Å². The van der Waals surface area contributed by atoms with Crippen molar-refractivity contribution in [3.05, 3.63) is 80.1 Å². The molecule has 2 aromatic rings. The van der Waals surface area contributed by atoms with Gasteiger partial charge >= 0.3 is 11.7 Å². The molecule has 0 bridgehead atoms. The second-order valence-electron chi connectivity index (χ2n) is 4.44. The summed E-state index contributed by atoms with van der Waals surface area (Å²) in [6.07, 6.45) is 1.99. The highest BCUT2D eigenvalue weighted by molar-refractivity contribution is 5.90. The summed E-state index contributed by atoms with van der Waals surface area (Å²) in [4.78, 5) is 31.9. The van der Waals surface area contributed by atoms with Crippen LogP contribution in [-0.4, -0.2) is 15.8 Å². The third-order valence-corrected chi connectivity index (χ3v) is 2.86. The molecule has 0 aliphatic heterocycles. The Hall–Kier alpha value is -3.62. The molecule has 0 aliphatic carbocycles. The molecule has 0 amide bonds. The summed E-state index contributed by atoms with van der Waals surface area (Å²) < 4.78 is 17.9. The first-order valence-electron chi connectivity index (χ1n) is 6.45. The number of para-hydroxylation sites is 1. The lowest BCUT2D eigenvalue weighted by molar-refractivity contribution is -0.385. The fourth-order valence-electron chi connectivity index (χ4n) is 1.82. The van der Waals surface area contributed by atoms with E-state index in [0.717, 1.165) is 24.3 Å². The van der Waals surface area contributed by atoms with Gasteiger partial charge in [-0.2, -0.15) is 0 Å². The summed E-state index contributed by atoms with van der Waals surface area (Å²) in [6, 6.07) is 8.09. The SMILES string of the molecule is O=C(C=Cc1ccccc1[N+](=O)[O-])Oc1cc(F)ccc1[N+](=O)[O-]. The Morgan fingerprint density at radius 2 is 1.71 bits per heavy atom. The molecule has 0 aliphatic rings. The van der Waals surface area contributed by atoms with Crippen LogP contribution in [0.4, 0.5) is 15.8 Å². The maximum atomic E-state index is 13.1. The molecule has 0 spiro atoms. The highest BCUT2D eigenvalue weighted by Crippen LogP contribution is 2.27. The summed E-state index contributed by atoms with van der Waals surface area (Å²) in [5.74, 6) is -2.41. The van der Waals surface area contributed by atoms with Crippen LogP contribution >= 0.6 is 0 Å². The second kappa shape index (κ2) is 7.09. The van der Waals surface area contributed by atoms with Gasteiger partial charge < -0.3 is 4.74 Å². The number of hydrogen-bond acceptors (Lipinski definition) is 6. The Labute approximate surface area is 134 Å². The molecule has 0 N–H and O–H groups in total. The molecule has 0 unspecified atom stereocenters. The number of ether oxygens (including phenoxy) is 1. The Morgan fingerprint density at radius 1 is 1.04 bits per heavy atom. The van der Waals surface area contributed by atoms with Crippen molar-refractivity contribution in [2.24, 2.45) is 0 Å². The monoisotopic (exact) mass is 332 g/mol. The smallest absolute Gasteiger partial charge is 0.336 e. The second-order valence-corrected chi connectivity index (χ2v) is 4.44. The van der Waals surface area contributed by atoms with Crippen LogP contribution in [0.5, 0.6) is 5.75 Å². The van der Waals surface area contributed by atoms with E-state index in [1.165, 1.54) is 24.3 Å². The fraction of sp³-hybridized carbons (Fsp3) is 0. The van der Waals surface area contributed by atoms with Crippen molar-refractivity contribution < 1.29 is 23.8 Å². The maximum absolute atomic E-state index is 13.1. The van der Waals surface area contributed by atoms with Crippen molar-refractivity contribution in [2.45, 2.75) is 0 Å². The number of nitro groups is 2. The normalized spacial score (nSPS) is 10.5. The third kappa shape index (κ3) is 3.97. The largest absolute Gasteiger partial charge is 0.416 e. The first-order chi connectivity index (χ1) is 11.4. The van der Waals surface area contributed by atoms with Crippen LogP contribution in [0.15, 0.2) is 48.5 Å². The maximum Gasteiger partial charge on any atom is 0.336 e. The summed E-state index contributed by atoms with van der Waals surface area (Å²) in [5, 5.41) is 21.7. The van der Waals surface area contributed by atoms with E-state index in [-0.39, 0.29) is 11.3 Å². The highest BCUT2D eigenvalue weighted by atomic mass is 19.1. The van der Waals surface area contributed by atoms with E-state index in [4.69, 9.17) is 4.74 Å². The van der Waals surface area contributed by atoms with Gasteiger partial charge in [-0.3, -0.25) is 20.2 Å². The zero-order chi connectivity index (χ0) is 17.7. The minimum atomic E-state index is -1.04. The molecule has 9 heteroatoms. The van der Waals surface area contributed by atoms with Gasteiger partial charge in [0.2, 0.25) is 5.75 Å². The average Bonchev–Trinajstić information content (AvgIpc) is 2.53. The summed E-state index contributed by atoms with van der Waals surface area (Å²) in [7, 11) is 0. The zero-order valence-electron chi connectivity index (χ0n) is 11.9. The minimum Gasteiger partial charge on any atom is -0.416 e. The molecule has 0 radical (unpaired) electrons. The summed E-state index contributed by atoms with van der Waals surface area (Å²) in [5.41, 5.74) is -0.657. The van der Waals surface area contributed by atoms with Gasteiger partial charge in [-0.25, -0.2) is 9.18 Å². The molecular formula is C15H9FN2O6. The number of hydrogen-bond donors (Lipinski definition) is 0. The molecule has 2 rings (SSSR count). The van der Waals surface area contributed by atoms with Crippen molar-refractivity contribution in [1.29, 1.82) is 0 Å². The lowest BCUT2D eigenvalue weighted by Crippen LogP contribution is -2.06. The van der Waals surface area contributed by atoms with Crippen molar-refractivity contribution >= 4 is 23.4 Å². The van der Waals surface area contributed by atoms with Crippen LogP contribution in [0.2, 0.25) is 0 Å². The Kier molecular flexibility index (Phi) is 4.95. The first-order valence-corrected chi connectivity index (χ1v) is 6.45. The fourth-order valence-corrected chi connectivity index (χ4v) is 1.82. The molecule has 0 saturated heterocycles. The number of rotatable bonds is 5. The van der Waals surface area contributed by atoms with Crippen LogP contribution in [0, 0.1) is 26.0 Å². The van der Waals surface area contributed by atoms with Crippen LogP contribution in [0.1, 0.15) is 5.56 Å². The lowest BCUT2D eigenvalue weighted by atomic mass is 10.1. The molecule has 0 atom stereocenters. The molecule has 2 aromatic carbocycles. The number of carbonyl (C=O) groups excluding carboxylic acids is 1. The number of nitro benzene ring substituents is 2.